The number of amides is 1. The molecule has 0 aliphatic carbocycles. The molecule has 0 atom stereocenters. The lowest BCUT2D eigenvalue weighted by Gasteiger charge is -2.08. The summed E-state index contributed by atoms with van der Waals surface area (Å²) < 4.78 is 16.6. The molecule has 28 heavy (non-hydrogen) atoms. The van der Waals surface area contributed by atoms with Gasteiger partial charge in [-0.1, -0.05) is 6.07 Å². The molecule has 3 rings (SSSR count). The van der Waals surface area contributed by atoms with Crippen LogP contribution in [0.5, 0.6) is 11.5 Å². The summed E-state index contributed by atoms with van der Waals surface area (Å²) in [4.78, 5) is 34.2. The van der Waals surface area contributed by atoms with Gasteiger partial charge in [0.05, 0.1) is 4.92 Å². The fourth-order valence-electron chi connectivity index (χ4n) is 2.72. The van der Waals surface area contributed by atoms with Crippen molar-refractivity contribution in [1.29, 1.82) is 0 Å². The number of hydrogen-bond donors (Lipinski definition) is 1. The van der Waals surface area contributed by atoms with Crippen LogP contribution in [0.1, 0.15) is 17.0 Å². The highest BCUT2D eigenvalue weighted by Crippen LogP contribution is 2.32. The van der Waals surface area contributed by atoms with Gasteiger partial charge in [-0.15, -0.1) is 0 Å². The zero-order valence-electron chi connectivity index (χ0n) is 15.3. The van der Waals surface area contributed by atoms with Gasteiger partial charge in [0.2, 0.25) is 6.79 Å². The van der Waals surface area contributed by atoms with Crippen LogP contribution in [0.25, 0.3) is 0 Å². The van der Waals surface area contributed by atoms with Gasteiger partial charge in [0.15, 0.2) is 18.1 Å². The van der Waals surface area contributed by atoms with Gasteiger partial charge in [0, 0.05) is 6.54 Å². The molecule has 2 aromatic rings. The number of nitro groups is 1. The van der Waals surface area contributed by atoms with Crippen molar-refractivity contribution in [2.45, 2.75) is 26.9 Å². The summed E-state index contributed by atoms with van der Waals surface area (Å²) in [5.74, 6) is 0.0506. The SMILES string of the molecule is Cc1nn(CC(=O)OCC(=O)NCc2ccc3c(c2)OCO3)c(C)c1[N+](=O)[O-]. The van der Waals surface area contributed by atoms with Crippen LogP contribution in [0, 0.1) is 24.0 Å². The maximum absolute atomic E-state index is 11.9. The van der Waals surface area contributed by atoms with E-state index in [9.17, 15) is 19.7 Å². The normalized spacial score (nSPS) is 11.9. The number of carbonyl (C=O) groups excluding carboxylic acids is 2. The number of rotatable bonds is 7. The highest BCUT2D eigenvalue weighted by Gasteiger charge is 2.23. The van der Waals surface area contributed by atoms with E-state index in [1.807, 2.05) is 0 Å². The molecule has 0 saturated carbocycles. The van der Waals surface area contributed by atoms with Crippen molar-refractivity contribution in [2.24, 2.45) is 0 Å². The molecular weight excluding hydrogens is 372 g/mol. The Balaban J connectivity index is 1.46. The van der Waals surface area contributed by atoms with Gasteiger partial charge in [-0.3, -0.25) is 24.4 Å². The van der Waals surface area contributed by atoms with Gasteiger partial charge in [0.25, 0.3) is 5.91 Å². The largest absolute Gasteiger partial charge is 0.454 e. The average molecular weight is 390 g/mol. The predicted octanol–water partition coefficient (Wildman–Crippen LogP) is 0.996. The Labute approximate surface area is 159 Å². The van der Waals surface area contributed by atoms with E-state index in [1.54, 1.807) is 18.2 Å². The van der Waals surface area contributed by atoms with Crippen molar-refractivity contribution < 1.29 is 28.7 Å². The third-order valence-corrected chi connectivity index (χ3v) is 4.10. The van der Waals surface area contributed by atoms with E-state index >= 15 is 0 Å². The smallest absolute Gasteiger partial charge is 0.328 e. The molecule has 1 aromatic carbocycles. The van der Waals surface area contributed by atoms with Gasteiger partial charge < -0.3 is 19.5 Å². The maximum Gasteiger partial charge on any atom is 0.328 e. The van der Waals surface area contributed by atoms with Crippen molar-refractivity contribution in [3.63, 3.8) is 0 Å². The minimum Gasteiger partial charge on any atom is -0.454 e. The third kappa shape index (κ3) is 4.19. The number of ether oxygens (including phenoxy) is 3. The molecule has 11 nitrogen and oxygen atoms in total. The van der Waals surface area contributed by atoms with Crippen molar-refractivity contribution in [2.75, 3.05) is 13.4 Å². The summed E-state index contributed by atoms with van der Waals surface area (Å²) in [6.45, 7) is 2.58. The van der Waals surface area contributed by atoms with Crippen molar-refractivity contribution in [1.82, 2.24) is 15.1 Å². The molecule has 11 heteroatoms. The maximum atomic E-state index is 11.9. The first-order chi connectivity index (χ1) is 13.3. The lowest BCUT2D eigenvalue weighted by atomic mass is 10.2. The molecule has 1 aliphatic rings. The first-order valence-corrected chi connectivity index (χ1v) is 8.34. The monoisotopic (exact) mass is 390 g/mol. The molecule has 1 aliphatic heterocycles. The molecule has 1 amide bonds. The molecule has 2 heterocycles. The Morgan fingerprint density at radius 3 is 2.79 bits per heavy atom. The number of nitrogens with one attached hydrogen (secondary N) is 1. The topological polar surface area (TPSA) is 135 Å². The molecule has 0 spiro atoms. The fourth-order valence-corrected chi connectivity index (χ4v) is 2.72. The fraction of sp³-hybridized carbons (Fsp3) is 0.353. The molecule has 0 unspecified atom stereocenters. The molecule has 0 saturated heterocycles. The zero-order valence-corrected chi connectivity index (χ0v) is 15.3. The molecule has 0 bridgehead atoms. The number of esters is 1. The summed E-state index contributed by atoms with van der Waals surface area (Å²) in [5.41, 5.74) is 1.11. The zero-order chi connectivity index (χ0) is 20.3. The highest BCUT2D eigenvalue weighted by atomic mass is 16.7. The molecular formula is C17H18N4O7. The Bertz CT molecular complexity index is 938. The van der Waals surface area contributed by atoms with Gasteiger partial charge >= 0.3 is 11.7 Å². The molecule has 1 aromatic heterocycles. The second kappa shape index (κ2) is 7.94. The average Bonchev–Trinajstić information content (AvgIpc) is 3.21. The summed E-state index contributed by atoms with van der Waals surface area (Å²) in [6.07, 6.45) is 0. The van der Waals surface area contributed by atoms with Gasteiger partial charge in [0.1, 0.15) is 17.9 Å². The number of aryl methyl sites for hydroxylation is 1. The summed E-state index contributed by atoms with van der Waals surface area (Å²) in [6, 6.07) is 5.29. The van der Waals surface area contributed by atoms with Crippen LogP contribution in [0.3, 0.4) is 0 Å². The van der Waals surface area contributed by atoms with Gasteiger partial charge in [-0.2, -0.15) is 5.10 Å². The lowest BCUT2D eigenvalue weighted by Crippen LogP contribution is -2.29. The number of carbonyl (C=O) groups is 2. The van der Waals surface area contributed by atoms with Gasteiger partial charge in [-0.05, 0) is 31.5 Å². The van der Waals surface area contributed by atoms with E-state index in [-0.39, 0.29) is 37.0 Å². The number of benzene rings is 1. The Morgan fingerprint density at radius 2 is 2.07 bits per heavy atom. The quantitative estimate of drug-likeness (QED) is 0.420. The van der Waals surface area contributed by atoms with E-state index in [0.29, 0.717) is 11.5 Å². The van der Waals surface area contributed by atoms with E-state index in [0.717, 1.165) is 5.56 Å². The van der Waals surface area contributed by atoms with E-state index in [4.69, 9.17) is 14.2 Å². The van der Waals surface area contributed by atoms with Crippen LogP contribution < -0.4 is 14.8 Å². The second-order valence-electron chi connectivity index (χ2n) is 6.06. The van der Waals surface area contributed by atoms with Crippen molar-refractivity contribution in [3.05, 3.63) is 45.3 Å². The van der Waals surface area contributed by atoms with Crippen LogP contribution in [-0.2, 0) is 27.4 Å². The first kappa shape index (κ1) is 19.1. The Hall–Kier alpha value is -3.63. The summed E-state index contributed by atoms with van der Waals surface area (Å²) >= 11 is 0. The van der Waals surface area contributed by atoms with E-state index < -0.39 is 23.4 Å². The summed E-state index contributed by atoms with van der Waals surface area (Å²) in [5, 5.41) is 17.6. The predicted molar refractivity (Wildman–Crippen MR) is 93.7 cm³/mol. The minimum atomic E-state index is -0.723. The van der Waals surface area contributed by atoms with Crippen LogP contribution in [-0.4, -0.2) is 40.0 Å². The Morgan fingerprint density at radius 1 is 1.32 bits per heavy atom. The van der Waals surface area contributed by atoms with Crippen LogP contribution in [0.2, 0.25) is 0 Å². The number of fused-ring (bicyclic) bond motifs is 1. The summed E-state index contributed by atoms with van der Waals surface area (Å²) in [7, 11) is 0. The lowest BCUT2D eigenvalue weighted by molar-refractivity contribution is -0.386. The first-order valence-electron chi connectivity index (χ1n) is 8.34. The number of nitrogens with zero attached hydrogens (tertiary/aromatic N) is 3. The van der Waals surface area contributed by atoms with Crippen molar-refractivity contribution >= 4 is 17.6 Å². The molecule has 0 radical (unpaired) electrons. The molecule has 148 valence electrons. The van der Waals surface area contributed by atoms with Gasteiger partial charge in [-0.25, -0.2) is 0 Å². The standard InChI is InChI=1S/C17H18N4O7/c1-10-17(21(24)25)11(2)20(19-10)7-16(23)26-8-15(22)18-6-12-3-4-13-14(5-12)28-9-27-13/h3-5H,6-9H2,1-2H3,(H,18,22). The molecule has 1 N–H and O–H groups in total. The van der Waals surface area contributed by atoms with Crippen LogP contribution in [0.4, 0.5) is 5.69 Å². The van der Waals surface area contributed by atoms with E-state index in [2.05, 4.69) is 10.4 Å². The third-order valence-electron chi connectivity index (χ3n) is 4.10. The van der Waals surface area contributed by atoms with E-state index in [1.165, 1.54) is 18.5 Å². The number of hydrogen-bond acceptors (Lipinski definition) is 8. The highest BCUT2D eigenvalue weighted by molar-refractivity contribution is 5.80. The van der Waals surface area contributed by atoms with Crippen LogP contribution in [0.15, 0.2) is 18.2 Å². The molecule has 0 fully saturated rings. The van der Waals surface area contributed by atoms with Crippen molar-refractivity contribution in [3.8, 4) is 11.5 Å². The Kier molecular flexibility index (Phi) is 5.43. The number of aromatic nitrogens is 2. The minimum absolute atomic E-state index is 0.144. The second-order valence-corrected chi connectivity index (χ2v) is 6.06. The van der Waals surface area contributed by atoms with Crippen LogP contribution >= 0.6 is 0 Å².